The lowest BCUT2D eigenvalue weighted by atomic mass is 9.92. The number of hydrogen-bond acceptors (Lipinski definition) is 3. The standard InChI is InChI=1S/C13H12ClN3/c14-11-8-10(16-12(15)17-11)13(6-7-13)9-4-2-1-3-5-9/h1-5,8H,6-7H2,(H2,15,16,17). The van der Waals surface area contributed by atoms with Crippen molar-refractivity contribution in [2.24, 2.45) is 0 Å². The number of hydrogen-bond donors (Lipinski definition) is 1. The number of anilines is 1. The van der Waals surface area contributed by atoms with E-state index in [1.807, 2.05) is 24.3 Å². The summed E-state index contributed by atoms with van der Waals surface area (Å²) in [6.07, 6.45) is 2.17. The van der Waals surface area contributed by atoms with Gasteiger partial charge in [0.1, 0.15) is 5.15 Å². The van der Waals surface area contributed by atoms with Crippen LogP contribution in [0.2, 0.25) is 5.15 Å². The molecule has 1 fully saturated rings. The lowest BCUT2D eigenvalue weighted by molar-refractivity contribution is 0.798. The molecule has 0 atom stereocenters. The lowest BCUT2D eigenvalue weighted by Gasteiger charge is -2.15. The summed E-state index contributed by atoms with van der Waals surface area (Å²) in [6.45, 7) is 0. The van der Waals surface area contributed by atoms with Gasteiger partial charge in [0.2, 0.25) is 5.95 Å². The third kappa shape index (κ3) is 1.76. The zero-order valence-corrected chi connectivity index (χ0v) is 9.98. The van der Waals surface area contributed by atoms with Crippen LogP contribution in [-0.2, 0) is 5.41 Å². The normalized spacial score (nSPS) is 16.8. The first-order chi connectivity index (χ1) is 8.21. The largest absolute Gasteiger partial charge is 0.368 e. The average Bonchev–Trinajstić information content (AvgIpc) is 3.10. The summed E-state index contributed by atoms with van der Waals surface area (Å²) in [4.78, 5) is 8.23. The molecular weight excluding hydrogens is 234 g/mol. The second kappa shape index (κ2) is 3.70. The average molecular weight is 246 g/mol. The van der Waals surface area contributed by atoms with Gasteiger partial charge in [0.25, 0.3) is 0 Å². The molecule has 0 spiro atoms. The highest BCUT2D eigenvalue weighted by atomic mass is 35.5. The number of benzene rings is 1. The highest BCUT2D eigenvalue weighted by molar-refractivity contribution is 6.29. The van der Waals surface area contributed by atoms with E-state index < -0.39 is 0 Å². The van der Waals surface area contributed by atoms with Crippen LogP contribution in [0.4, 0.5) is 5.95 Å². The number of aromatic nitrogens is 2. The first-order valence-corrected chi connectivity index (χ1v) is 5.95. The van der Waals surface area contributed by atoms with Gasteiger partial charge < -0.3 is 5.73 Å². The zero-order chi connectivity index (χ0) is 11.9. The predicted molar refractivity (Wildman–Crippen MR) is 67.9 cm³/mol. The van der Waals surface area contributed by atoms with Crippen molar-refractivity contribution in [3.05, 3.63) is 52.8 Å². The SMILES string of the molecule is Nc1nc(Cl)cc(C2(c3ccccc3)CC2)n1. The molecule has 1 saturated carbocycles. The smallest absolute Gasteiger partial charge is 0.221 e. The van der Waals surface area contributed by atoms with Crippen molar-refractivity contribution in [1.82, 2.24) is 9.97 Å². The first kappa shape index (κ1) is 10.5. The molecule has 17 heavy (non-hydrogen) atoms. The fraction of sp³-hybridized carbons (Fsp3) is 0.231. The van der Waals surface area contributed by atoms with Crippen molar-refractivity contribution in [3.8, 4) is 0 Å². The van der Waals surface area contributed by atoms with Crippen LogP contribution in [0.3, 0.4) is 0 Å². The minimum absolute atomic E-state index is 0.00194. The number of rotatable bonds is 2. The van der Waals surface area contributed by atoms with Crippen molar-refractivity contribution >= 4 is 17.5 Å². The Labute approximate surface area is 105 Å². The van der Waals surface area contributed by atoms with Gasteiger partial charge in [-0.25, -0.2) is 9.97 Å². The summed E-state index contributed by atoms with van der Waals surface area (Å²) >= 11 is 5.94. The van der Waals surface area contributed by atoms with Gasteiger partial charge in [-0.2, -0.15) is 0 Å². The summed E-state index contributed by atoms with van der Waals surface area (Å²) in [7, 11) is 0. The van der Waals surface area contributed by atoms with Gasteiger partial charge in [0.05, 0.1) is 5.69 Å². The van der Waals surface area contributed by atoms with E-state index in [4.69, 9.17) is 17.3 Å². The van der Waals surface area contributed by atoms with Gasteiger partial charge in [-0.15, -0.1) is 0 Å². The predicted octanol–water partition coefficient (Wildman–Crippen LogP) is 2.79. The molecule has 1 aromatic heterocycles. The molecule has 1 aromatic carbocycles. The molecule has 0 aliphatic heterocycles. The molecular formula is C13H12ClN3. The lowest BCUT2D eigenvalue weighted by Crippen LogP contribution is -2.12. The Morgan fingerprint density at radius 2 is 1.82 bits per heavy atom. The van der Waals surface area contributed by atoms with Gasteiger partial charge >= 0.3 is 0 Å². The monoisotopic (exact) mass is 245 g/mol. The summed E-state index contributed by atoms with van der Waals surface area (Å²) in [6, 6.07) is 12.2. The number of halogens is 1. The van der Waals surface area contributed by atoms with Crippen molar-refractivity contribution in [1.29, 1.82) is 0 Å². The van der Waals surface area contributed by atoms with E-state index in [-0.39, 0.29) is 11.4 Å². The maximum atomic E-state index is 5.94. The second-order valence-electron chi connectivity index (χ2n) is 4.38. The Morgan fingerprint density at radius 3 is 2.41 bits per heavy atom. The van der Waals surface area contributed by atoms with Crippen LogP contribution in [0.15, 0.2) is 36.4 Å². The molecule has 1 aliphatic carbocycles. The minimum atomic E-state index is 0.00194. The Hall–Kier alpha value is -1.61. The van der Waals surface area contributed by atoms with Crippen LogP contribution in [0.25, 0.3) is 0 Å². The molecule has 1 aliphatic rings. The van der Waals surface area contributed by atoms with Crippen LogP contribution < -0.4 is 5.73 Å². The Bertz CT molecular complexity index is 530. The molecule has 1 heterocycles. The van der Waals surface area contributed by atoms with E-state index in [0.717, 1.165) is 18.5 Å². The van der Waals surface area contributed by atoms with E-state index in [1.165, 1.54) is 5.56 Å². The molecule has 86 valence electrons. The third-order valence-corrected chi connectivity index (χ3v) is 3.47. The van der Waals surface area contributed by atoms with E-state index in [0.29, 0.717) is 5.15 Å². The number of nitrogens with zero attached hydrogens (tertiary/aromatic N) is 2. The van der Waals surface area contributed by atoms with Gasteiger partial charge in [0.15, 0.2) is 0 Å². The fourth-order valence-corrected chi connectivity index (χ4v) is 2.45. The molecule has 4 heteroatoms. The molecule has 2 N–H and O–H groups in total. The summed E-state index contributed by atoms with van der Waals surface area (Å²) in [5.74, 6) is 0.245. The van der Waals surface area contributed by atoms with Crippen molar-refractivity contribution in [2.45, 2.75) is 18.3 Å². The van der Waals surface area contributed by atoms with Crippen LogP contribution in [0.5, 0.6) is 0 Å². The van der Waals surface area contributed by atoms with Crippen LogP contribution in [0.1, 0.15) is 24.1 Å². The Balaban J connectivity index is 2.09. The topological polar surface area (TPSA) is 51.8 Å². The van der Waals surface area contributed by atoms with E-state index in [9.17, 15) is 0 Å². The molecule has 0 saturated heterocycles. The van der Waals surface area contributed by atoms with E-state index in [1.54, 1.807) is 0 Å². The Morgan fingerprint density at radius 1 is 1.12 bits per heavy atom. The van der Waals surface area contributed by atoms with Gasteiger partial charge in [-0.05, 0) is 24.5 Å². The van der Waals surface area contributed by atoms with Crippen molar-refractivity contribution < 1.29 is 0 Å². The fourth-order valence-electron chi connectivity index (χ4n) is 2.26. The second-order valence-corrected chi connectivity index (χ2v) is 4.77. The van der Waals surface area contributed by atoms with Gasteiger partial charge in [-0.3, -0.25) is 0 Å². The molecule has 0 bridgehead atoms. The molecule has 0 amide bonds. The van der Waals surface area contributed by atoms with Crippen molar-refractivity contribution in [3.63, 3.8) is 0 Å². The number of nitrogens with two attached hydrogens (primary N) is 1. The first-order valence-electron chi connectivity index (χ1n) is 5.57. The highest BCUT2D eigenvalue weighted by Gasteiger charge is 2.47. The molecule has 2 aromatic rings. The quantitative estimate of drug-likeness (QED) is 0.828. The van der Waals surface area contributed by atoms with Crippen LogP contribution in [-0.4, -0.2) is 9.97 Å². The third-order valence-electron chi connectivity index (χ3n) is 3.28. The van der Waals surface area contributed by atoms with Gasteiger partial charge in [0, 0.05) is 5.41 Å². The summed E-state index contributed by atoms with van der Waals surface area (Å²) in [5.41, 5.74) is 7.86. The zero-order valence-electron chi connectivity index (χ0n) is 9.23. The minimum Gasteiger partial charge on any atom is -0.368 e. The maximum absolute atomic E-state index is 5.94. The van der Waals surface area contributed by atoms with Crippen LogP contribution >= 0.6 is 11.6 Å². The van der Waals surface area contributed by atoms with Crippen LogP contribution in [0, 0.1) is 0 Å². The van der Waals surface area contributed by atoms with Crippen molar-refractivity contribution in [2.75, 3.05) is 5.73 Å². The van der Waals surface area contributed by atoms with E-state index in [2.05, 4.69) is 22.1 Å². The molecule has 0 unspecified atom stereocenters. The molecule has 3 nitrogen and oxygen atoms in total. The maximum Gasteiger partial charge on any atom is 0.221 e. The summed E-state index contributed by atoms with van der Waals surface area (Å²) in [5, 5.41) is 0.412. The summed E-state index contributed by atoms with van der Waals surface area (Å²) < 4.78 is 0. The molecule has 0 radical (unpaired) electrons. The van der Waals surface area contributed by atoms with Gasteiger partial charge in [-0.1, -0.05) is 41.9 Å². The Kier molecular flexibility index (Phi) is 2.30. The molecule has 3 rings (SSSR count). The number of nitrogen functional groups attached to an aromatic ring is 1. The van der Waals surface area contributed by atoms with E-state index >= 15 is 0 Å². The highest BCUT2D eigenvalue weighted by Crippen LogP contribution is 2.52.